The largest absolute Gasteiger partial charge is 0.483 e. The first kappa shape index (κ1) is 18.2. The van der Waals surface area contributed by atoms with E-state index >= 15 is 0 Å². The van der Waals surface area contributed by atoms with Gasteiger partial charge in [0.25, 0.3) is 0 Å². The quantitative estimate of drug-likeness (QED) is 0.412. The summed E-state index contributed by atoms with van der Waals surface area (Å²) in [5.74, 6) is 1.75. The van der Waals surface area contributed by atoms with E-state index in [1.165, 1.54) is 17.8 Å². The molecule has 0 N–H and O–H groups in total. The van der Waals surface area contributed by atoms with Gasteiger partial charge >= 0.3 is 0 Å². The maximum absolute atomic E-state index is 13.8. The van der Waals surface area contributed by atoms with E-state index in [0.717, 1.165) is 5.75 Å². The summed E-state index contributed by atoms with van der Waals surface area (Å²) in [7, 11) is 0. The van der Waals surface area contributed by atoms with Gasteiger partial charge in [0.1, 0.15) is 11.6 Å². The molecule has 0 amide bonds. The van der Waals surface area contributed by atoms with E-state index in [1.807, 2.05) is 47.9 Å². The van der Waals surface area contributed by atoms with Gasteiger partial charge in [0.05, 0.1) is 0 Å². The lowest BCUT2D eigenvalue weighted by atomic mass is 10.2. The van der Waals surface area contributed by atoms with Crippen molar-refractivity contribution in [3.8, 4) is 5.75 Å². The maximum atomic E-state index is 13.8. The minimum Gasteiger partial charge on any atom is -0.483 e. The zero-order valence-corrected chi connectivity index (χ0v) is 15.3. The van der Waals surface area contributed by atoms with Crippen LogP contribution >= 0.6 is 11.8 Å². The molecular formula is C20H20FN3OS. The number of ether oxygens (including phenoxy) is 1. The summed E-state index contributed by atoms with van der Waals surface area (Å²) in [6, 6.07) is 16.3. The molecule has 0 aliphatic heterocycles. The predicted molar refractivity (Wildman–Crippen MR) is 102 cm³/mol. The molecule has 0 fully saturated rings. The fraction of sp³-hybridized carbons (Fsp3) is 0.200. The fourth-order valence-electron chi connectivity index (χ4n) is 2.52. The number of rotatable bonds is 8. The zero-order chi connectivity index (χ0) is 18.4. The van der Waals surface area contributed by atoms with Crippen molar-refractivity contribution in [2.75, 3.05) is 0 Å². The molecule has 6 heteroatoms. The predicted octanol–water partition coefficient (Wildman–Crippen LogP) is 5.04. The molecule has 3 aromatic rings. The summed E-state index contributed by atoms with van der Waals surface area (Å²) < 4.78 is 21.7. The lowest BCUT2D eigenvalue weighted by Gasteiger charge is -2.15. The Labute approximate surface area is 156 Å². The van der Waals surface area contributed by atoms with Crippen molar-refractivity contribution >= 4 is 11.8 Å². The summed E-state index contributed by atoms with van der Waals surface area (Å²) in [6.45, 7) is 6.30. The van der Waals surface area contributed by atoms with Gasteiger partial charge in [-0.15, -0.1) is 16.8 Å². The first-order valence-corrected chi connectivity index (χ1v) is 9.29. The molecule has 3 rings (SSSR count). The SMILES string of the molecule is C=CCn1c(SCc2ccccc2F)nnc1C(C)Oc1ccccc1. The normalized spacial score (nSPS) is 11.9. The number of allylic oxidation sites excluding steroid dienone is 1. The number of aromatic nitrogens is 3. The highest BCUT2D eigenvalue weighted by molar-refractivity contribution is 7.98. The van der Waals surface area contributed by atoms with E-state index in [4.69, 9.17) is 4.74 Å². The lowest BCUT2D eigenvalue weighted by molar-refractivity contribution is 0.210. The van der Waals surface area contributed by atoms with E-state index in [1.54, 1.807) is 18.2 Å². The summed E-state index contributed by atoms with van der Waals surface area (Å²) in [6.07, 6.45) is 1.52. The van der Waals surface area contributed by atoms with Crippen LogP contribution in [0.2, 0.25) is 0 Å². The number of hydrogen-bond acceptors (Lipinski definition) is 4. The zero-order valence-electron chi connectivity index (χ0n) is 14.5. The Morgan fingerprint density at radius 2 is 1.88 bits per heavy atom. The minimum absolute atomic E-state index is 0.212. The van der Waals surface area contributed by atoms with E-state index in [9.17, 15) is 4.39 Å². The van der Waals surface area contributed by atoms with Gasteiger partial charge in [0.15, 0.2) is 17.1 Å². The molecule has 134 valence electrons. The van der Waals surface area contributed by atoms with Crippen LogP contribution in [0.3, 0.4) is 0 Å². The molecular weight excluding hydrogens is 349 g/mol. The molecule has 4 nitrogen and oxygen atoms in total. The Balaban J connectivity index is 1.77. The van der Waals surface area contributed by atoms with Gasteiger partial charge in [-0.1, -0.05) is 54.2 Å². The molecule has 0 aliphatic rings. The molecule has 1 aromatic heterocycles. The van der Waals surface area contributed by atoms with E-state index in [-0.39, 0.29) is 11.9 Å². The highest BCUT2D eigenvalue weighted by Crippen LogP contribution is 2.27. The molecule has 26 heavy (non-hydrogen) atoms. The monoisotopic (exact) mass is 369 g/mol. The van der Waals surface area contributed by atoms with Crippen LogP contribution in [-0.4, -0.2) is 14.8 Å². The van der Waals surface area contributed by atoms with Crippen molar-refractivity contribution in [3.63, 3.8) is 0 Å². The van der Waals surface area contributed by atoms with Crippen LogP contribution in [0.15, 0.2) is 72.4 Å². The first-order chi connectivity index (χ1) is 12.7. The van der Waals surface area contributed by atoms with E-state index < -0.39 is 0 Å². The van der Waals surface area contributed by atoms with Crippen molar-refractivity contribution in [1.82, 2.24) is 14.8 Å². The average molecular weight is 369 g/mol. The molecule has 2 aromatic carbocycles. The van der Waals surface area contributed by atoms with Gasteiger partial charge in [-0.25, -0.2) is 4.39 Å². The summed E-state index contributed by atoms with van der Waals surface area (Å²) in [5, 5.41) is 9.27. The third-order valence-electron chi connectivity index (χ3n) is 3.79. The molecule has 0 saturated carbocycles. The molecule has 0 aliphatic carbocycles. The van der Waals surface area contributed by atoms with Crippen LogP contribution in [0.1, 0.15) is 24.4 Å². The summed E-state index contributed by atoms with van der Waals surface area (Å²) in [4.78, 5) is 0. The van der Waals surface area contributed by atoms with Crippen LogP contribution in [0.5, 0.6) is 5.75 Å². The van der Waals surface area contributed by atoms with Gasteiger partial charge in [-0.3, -0.25) is 4.57 Å². The number of benzene rings is 2. The van der Waals surface area contributed by atoms with Crippen LogP contribution in [0.4, 0.5) is 4.39 Å². The molecule has 1 unspecified atom stereocenters. The van der Waals surface area contributed by atoms with Crippen molar-refractivity contribution in [2.24, 2.45) is 0 Å². The topological polar surface area (TPSA) is 39.9 Å². The molecule has 0 bridgehead atoms. The first-order valence-electron chi connectivity index (χ1n) is 8.31. The Morgan fingerprint density at radius 3 is 2.62 bits per heavy atom. The summed E-state index contributed by atoms with van der Waals surface area (Å²) >= 11 is 1.44. The van der Waals surface area contributed by atoms with Crippen LogP contribution < -0.4 is 4.74 Å². The number of nitrogens with zero attached hydrogens (tertiary/aromatic N) is 3. The molecule has 0 saturated heterocycles. The number of thioether (sulfide) groups is 1. The van der Waals surface area contributed by atoms with Gasteiger partial charge in [0.2, 0.25) is 0 Å². The van der Waals surface area contributed by atoms with Crippen LogP contribution in [0.25, 0.3) is 0 Å². The fourth-order valence-corrected chi connectivity index (χ4v) is 3.46. The minimum atomic E-state index is -0.271. The van der Waals surface area contributed by atoms with Crippen molar-refractivity contribution < 1.29 is 9.13 Å². The average Bonchev–Trinajstić information content (AvgIpc) is 3.05. The molecule has 0 radical (unpaired) electrons. The second kappa shape index (κ2) is 8.67. The van der Waals surface area contributed by atoms with Crippen LogP contribution in [-0.2, 0) is 12.3 Å². The Morgan fingerprint density at radius 1 is 1.15 bits per heavy atom. The smallest absolute Gasteiger partial charge is 0.191 e. The lowest BCUT2D eigenvalue weighted by Crippen LogP contribution is -2.12. The van der Waals surface area contributed by atoms with Gasteiger partial charge < -0.3 is 4.74 Å². The third-order valence-corrected chi connectivity index (χ3v) is 4.81. The molecule has 1 heterocycles. The van der Waals surface area contributed by atoms with Crippen molar-refractivity contribution in [2.45, 2.75) is 30.5 Å². The van der Waals surface area contributed by atoms with E-state index in [2.05, 4.69) is 16.8 Å². The highest BCUT2D eigenvalue weighted by Gasteiger charge is 2.19. The molecule has 0 spiro atoms. The second-order valence-electron chi connectivity index (χ2n) is 5.69. The van der Waals surface area contributed by atoms with Crippen molar-refractivity contribution in [3.05, 3.63) is 84.5 Å². The van der Waals surface area contributed by atoms with Gasteiger partial charge in [-0.05, 0) is 30.7 Å². The maximum Gasteiger partial charge on any atom is 0.191 e. The van der Waals surface area contributed by atoms with Gasteiger partial charge in [-0.2, -0.15) is 0 Å². The third kappa shape index (κ3) is 4.32. The van der Waals surface area contributed by atoms with E-state index in [0.29, 0.717) is 28.8 Å². The van der Waals surface area contributed by atoms with Crippen LogP contribution in [0, 0.1) is 5.82 Å². The Bertz CT molecular complexity index is 867. The Hall–Kier alpha value is -2.60. The summed E-state index contributed by atoms with van der Waals surface area (Å²) in [5.41, 5.74) is 0.640. The second-order valence-corrected chi connectivity index (χ2v) is 6.64. The number of halogens is 1. The standard InChI is InChI=1S/C20H20FN3OS/c1-3-13-24-19(15(2)25-17-10-5-4-6-11-17)22-23-20(24)26-14-16-9-7-8-12-18(16)21/h3-12,15H,1,13-14H2,2H3. The van der Waals surface area contributed by atoms with Crippen molar-refractivity contribution in [1.29, 1.82) is 0 Å². The highest BCUT2D eigenvalue weighted by atomic mass is 32.2. The number of hydrogen-bond donors (Lipinski definition) is 0. The molecule has 1 atom stereocenters. The Kier molecular flexibility index (Phi) is 6.07. The van der Waals surface area contributed by atoms with Gasteiger partial charge in [0, 0.05) is 12.3 Å². The number of para-hydroxylation sites is 1.